The smallest absolute Gasteiger partial charge is 0.225 e. The van der Waals surface area contributed by atoms with Gasteiger partial charge in [-0.15, -0.1) is 0 Å². The van der Waals surface area contributed by atoms with Gasteiger partial charge in [0.05, 0.1) is 12.7 Å². The summed E-state index contributed by atoms with van der Waals surface area (Å²) in [4.78, 5) is 36.2. The van der Waals surface area contributed by atoms with Crippen LogP contribution in [0.15, 0.2) is 18.5 Å². The summed E-state index contributed by atoms with van der Waals surface area (Å²) in [6.07, 6.45) is 4.19. The second kappa shape index (κ2) is 9.93. The molecule has 2 heterocycles. The van der Waals surface area contributed by atoms with Crippen LogP contribution in [0.1, 0.15) is 26.7 Å². The minimum atomic E-state index is -0.0838. The highest BCUT2D eigenvalue weighted by Crippen LogP contribution is 2.10. The molecule has 1 N–H and O–H groups in total. The number of nitrogens with zero attached hydrogens (tertiary/aromatic N) is 4. The molecule has 1 aliphatic heterocycles. The number of amides is 2. The van der Waals surface area contributed by atoms with E-state index in [1.165, 1.54) is 0 Å². The van der Waals surface area contributed by atoms with Crippen LogP contribution in [0, 0.1) is 0 Å². The van der Waals surface area contributed by atoms with Gasteiger partial charge in [-0.3, -0.25) is 9.59 Å². The summed E-state index contributed by atoms with van der Waals surface area (Å²) in [6.45, 7) is 7.35. The van der Waals surface area contributed by atoms with Crippen LogP contribution < -0.4 is 10.2 Å². The van der Waals surface area contributed by atoms with Crippen LogP contribution in [0.2, 0.25) is 0 Å². The zero-order chi connectivity index (χ0) is 18.1. The Balaban J connectivity index is 1.61. The number of nitrogens with one attached hydrogen (secondary N) is 1. The van der Waals surface area contributed by atoms with Crippen molar-refractivity contribution < 1.29 is 14.3 Å². The highest BCUT2D eigenvalue weighted by Gasteiger charge is 2.22. The fourth-order valence-corrected chi connectivity index (χ4v) is 2.55. The molecule has 1 aliphatic rings. The molecule has 1 saturated heterocycles. The van der Waals surface area contributed by atoms with Crippen molar-refractivity contribution in [3.05, 3.63) is 18.5 Å². The molecular weight excluding hydrogens is 322 g/mol. The standard InChI is InChI=1S/C17H27N5O3/c1-14(2)25-13-5-15(23)18-8-4-16(24)21-9-11-22(12-10-21)17-19-6-3-7-20-17/h3,6-7,14H,4-5,8-13H2,1-2H3,(H,18,23). The topological polar surface area (TPSA) is 87.7 Å². The van der Waals surface area contributed by atoms with E-state index in [0.717, 1.165) is 0 Å². The van der Waals surface area contributed by atoms with Gasteiger partial charge >= 0.3 is 0 Å². The summed E-state index contributed by atoms with van der Waals surface area (Å²) >= 11 is 0. The Labute approximate surface area is 148 Å². The van der Waals surface area contributed by atoms with Gasteiger partial charge < -0.3 is 19.9 Å². The van der Waals surface area contributed by atoms with Crippen molar-refractivity contribution in [3.63, 3.8) is 0 Å². The van der Waals surface area contributed by atoms with E-state index in [1.807, 2.05) is 18.7 Å². The maximum absolute atomic E-state index is 12.2. The highest BCUT2D eigenvalue weighted by atomic mass is 16.5. The minimum absolute atomic E-state index is 0.0624. The SMILES string of the molecule is CC(C)OCCC(=O)NCCC(=O)N1CCN(c2ncccn2)CC1. The molecule has 1 fully saturated rings. The Morgan fingerprint density at radius 3 is 2.48 bits per heavy atom. The summed E-state index contributed by atoms with van der Waals surface area (Å²) in [5.41, 5.74) is 0. The van der Waals surface area contributed by atoms with Gasteiger partial charge in [-0.25, -0.2) is 9.97 Å². The Morgan fingerprint density at radius 1 is 1.16 bits per heavy atom. The van der Waals surface area contributed by atoms with Crippen LogP contribution in [-0.4, -0.2) is 72.1 Å². The predicted molar refractivity (Wildman–Crippen MR) is 94.2 cm³/mol. The Bertz CT molecular complexity index is 544. The summed E-state index contributed by atoms with van der Waals surface area (Å²) in [7, 11) is 0. The lowest BCUT2D eigenvalue weighted by Crippen LogP contribution is -2.49. The third kappa shape index (κ3) is 6.66. The van der Waals surface area contributed by atoms with Crippen LogP contribution in [-0.2, 0) is 14.3 Å². The quantitative estimate of drug-likeness (QED) is 0.733. The fraction of sp³-hybridized carbons (Fsp3) is 0.647. The molecule has 0 bridgehead atoms. The molecular formula is C17H27N5O3. The third-order valence-electron chi connectivity index (χ3n) is 3.91. The first-order valence-corrected chi connectivity index (χ1v) is 8.74. The molecule has 0 saturated carbocycles. The van der Waals surface area contributed by atoms with Gasteiger partial charge in [0.1, 0.15) is 0 Å². The van der Waals surface area contributed by atoms with E-state index in [0.29, 0.717) is 58.1 Å². The van der Waals surface area contributed by atoms with E-state index in [2.05, 4.69) is 20.2 Å². The number of rotatable bonds is 8. The molecule has 0 spiro atoms. The molecule has 0 aliphatic carbocycles. The largest absolute Gasteiger partial charge is 0.378 e. The van der Waals surface area contributed by atoms with Crippen molar-refractivity contribution in [3.8, 4) is 0 Å². The monoisotopic (exact) mass is 349 g/mol. The zero-order valence-corrected chi connectivity index (χ0v) is 15.0. The molecule has 0 radical (unpaired) electrons. The van der Waals surface area contributed by atoms with Crippen LogP contribution in [0.4, 0.5) is 5.95 Å². The maximum Gasteiger partial charge on any atom is 0.225 e. The number of anilines is 1. The van der Waals surface area contributed by atoms with Crippen molar-refractivity contribution in [1.29, 1.82) is 0 Å². The van der Waals surface area contributed by atoms with Crippen molar-refractivity contribution >= 4 is 17.8 Å². The summed E-state index contributed by atoms with van der Waals surface area (Å²) in [6, 6.07) is 1.78. The lowest BCUT2D eigenvalue weighted by atomic mass is 10.2. The Morgan fingerprint density at radius 2 is 1.84 bits per heavy atom. The number of carbonyl (C=O) groups excluding carboxylic acids is 2. The number of hydrogen-bond acceptors (Lipinski definition) is 6. The van der Waals surface area contributed by atoms with Crippen molar-refractivity contribution in [2.24, 2.45) is 0 Å². The minimum Gasteiger partial charge on any atom is -0.378 e. The molecule has 1 aromatic heterocycles. The second-order valence-corrected chi connectivity index (χ2v) is 6.19. The molecule has 0 aromatic carbocycles. The van der Waals surface area contributed by atoms with Gasteiger partial charge in [0, 0.05) is 58.0 Å². The number of piperazine rings is 1. The van der Waals surface area contributed by atoms with E-state index in [-0.39, 0.29) is 17.9 Å². The van der Waals surface area contributed by atoms with Gasteiger partial charge in [0.15, 0.2) is 0 Å². The van der Waals surface area contributed by atoms with E-state index in [1.54, 1.807) is 18.5 Å². The van der Waals surface area contributed by atoms with Gasteiger partial charge in [-0.2, -0.15) is 0 Å². The Hall–Kier alpha value is -2.22. The second-order valence-electron chi connectivity index (χ2n) is 6.19. The van der Waals surface area contributed by atoms with Crippen molar-refractivity contribution in [1.82, 2.24) is 20.2 Å². The summed E-state index contributed by atoms with van der Waals surface area (Å²) in [5.74, 6) is 0.678. The van der Waals surface area contributed by atoms with E-state index in [4.69, 9.17) is 4.74 Å². The predicted octanol–water partition coefficient (Wildman–Crippen LogP) is 0.447. The molecule has 0 atom stereocenters. The van der Waals surface area contributed by atoms with Crippen LogP contribution in [0.25, 0.3) is 0 Å². The highest BCUT2D eigenvalue weighted by molar-refractivity contribution is 5.79. The van der Waals surface area contributed by atoms with E-state index in [9.17, 15) is 9.59 Å². The molecule has 138 valence electrons. The molecule has 1 aromatic rings. The van der Waals surface area contributed by atoms with E-state index >= 15 is 0 Å². The summed E-state index contributed by atoms with van der Waals surface area (Å²) in [5, 5.41) is 2.76. The summed E-state index contributed by atoms with van der Waals surface area (Å²) < 4.78 is 5.33. The molecule has 8 nitrogen and oxygen atoms in total. The van der Waals surface area contributed by atoms with Gasteiger partial charge in [0.2, 0.25) is 17.8 Å². The van der Waals surface area contributed by atoms with Crippen LogP contribution in [0.3, 0.4) is 0 Å². The first-order valence-electron chi connectivity index (χ1n) is 8.74. The number of carbonyl (C=O) groups is 2. The van der Waals surface area contributed by atoms with Crippen LogP contribution >= 0.6 is 0 Å². The zero-order valence-electron chi connectivity index (χ0n) is 15.0. The Kier molecular flexibility index (Phi) is 7.59. The average Bonchev–Trinajstić information content (AvgIpc) is 2.62. The number of ether oxygens (including phenoxy) is 1. The van der Waals surface area contributed by atoms with Crippen molar-refractivity contribution in [2.75, 3.05) is 44.2 Å². The fourth-order valence-electron chi connectivity index (χ4n) is 2.55. The molecule has 0 unspecified atom stereocenters. The van der Waals surface area contributed by atoms with Crippen molar-refractivity contribution in [2.45, 2.75) is 32.8 Å². The first kappa shape index (κ1) is 19.1. The maximum atomic E-state index is 12.2. The number of hydrogen-bond donors (Lipinski definition) is 1. The third-order valence-corrected chi connectivity index (χ3v) is 3.91. The average molecular weight is 349 g/mol. The molecule has 25 heavy (non-hydrogen) atoms. The van der Waals surface area contributed by atoms with Crippen LogP contribution in [0.5, 0.6) is 0 Å². The van der Waals surface area contributed by atoms with Gasteiger partial charge in [0.25, 0.3) is 0 Å². The van der Waals surface area contributed by atoms with Gasteiger partial charge in [-0.1, -0.05) is 0 Å². The normalized spacial score (nSPS) is 14.7. The lowest BCUT2D eigenvalue weighted by molar-refractivity contribution is -0.131. The lowest BCUT2D eigenvalue weighted by Gasteiger charge is -2.34. The first-order chi connectivity index (χ1) is 12.1. The molecule has 8 heteroatoms. The number of aromatic nitrogens is 2. The van der Waals surface area contributed by atoms with E-state index < -0.39 is 0 Å². The van der Waals surface area contributed by atoms with Gasteiger partial charge in [-0.05, 0) is 19.9 Å². The molecule has 2 rings (SSSR count). The molecule has 2 amide bonds.